The van der Waals surface area contributed by atoms with Gasteiger partial charge in [0.05, 0.1) is 5.02 Å². The minimum atomic E-state index is -0.450. The molecule has 0 amide bonds. The Morgan fingerprint density at radius 1 is 1.43 bits per heavy atom. The molecule has 1 saturated heterocycles. The van der Waals surface area contributed by atoms with E-state index in [4.69, 9.17) is 16.1 Å². The number of halogens is 2. The predicted octanol–water partition coefficient (Wildman–Crippen LogP) is 3.46. The van der Waals surface area contributed by atoms with Crippen molar-refractivity contribution in [1.82, 2.24) is 15.5 Å². The first kappa shape index (κ1) is 14.5. The zero-order valence-electron chi connectivity index (χ0n) is 11.6. The van der Waals surface area contributed by atoms with Crippen LogP contribution in [0.5, 0.6) is 0 Å². The number of hydrogen-bond donors (Lipinski definition) is 1. The molecule has 0 spiro atoms. The van der Waals surface area contributed by atoms with Gasteiger partial charge in [0.25, 0.3) is 0 Å². The molecule has 1 aromatic carbocycles. The molecule has 1 N–H and O–H groups in total. The van der Waals surface area contributed by atoms with E-state index in [1.54, 1.807) is 6.07 Å². The number of aromatic nitrogens is 2. The molecule has 1 fully saturated rings. The van der Waals surface area contributed by atoms with Gasteiger partial charge in [0.15, 0.2) is 0 Å². The van der Waals surface area contributed by atoms with Crippen LogP contribution in [0.15, 0.2) is 22.7 Å². The average Bonchev–Trinajstić information content (AvgIpc) is 2.98. The summed E-state index contributed by atoms with van der Waals surface area (Å²) in [6.07, 6.45) is 4.29. The van der Waals surface area contributed by atoms with Gasteiger partial charge in [-0.15, -0.1) is 0 Å². The second kappa shape index (κ2) is 6.54. The van der Waals surface area contributed by atoms with E-state index in [-0.39, 0.29) is 5.02 Å². The van der Waals surface area contributed by atoms with E-state index in [0.717, 1.165) is 25.9 Å². The van der Waals surface area contributed by atoms with Crippen molar-refractivity contribution >= 4 is 11.6 Å². The molecule has 0 aliphatic carbocycles. The van der Waals surface area contributed by atoms with Gasteiger partial charge in [0, 0.05) is 12.0 Å². The Morgan fingerprint density at radius 2 is 2.33 bits per heavy atom. The van der Waals surface area contributed by atoms with Crippen LogP contribution in [0.3, 0.4) is 0 Å². The first-order valence-electron chi connectivity index (χ1n) is 7.21. The fraction of sp³-hybridized carbons (Fsp3) is 0.467. The molecule has 1 atom stereocenters. The molecule has 0 radical (unpaired) electrons. The lowest BCUT2D eigenvalue weighted by atomic mass is 9.95. The number of nitrogens with one attached hydrogen (secondary N) is 1. The summed E-state index contributed by atoms with van der Waals surface area (Å²) < 4.78 is 18.4. The van der Waals surface area contributed by atoms with Gasteiger partial charge >= 0.3 is 0 Å². The minimum absolute atomic E-state index is 0.0622. The topological polar surface area (TPSA) is 51.0 Å². The molecular formula is C15H17ClFN3O. The zero-order chi connectivity index (χ0) is 14.7. The Morgan fingerprint density at radius 3 is 3.10 bits per heavy atom. The summed E-state index contributed by atoms with van der Waals surface area (Å²) in [7, 11) is 0. The second-order valence-electron chi connectivity index (χ2n) is 5.39. The van der Waals surface area contributed by atoms with Crippen LogP contribution in [0.4, 0.5) is 4.39 Å². The maximum absolute atomic E-state index is 13.1. The van der Waals surface area contributed by atoms with Gasteiger partial charge in [-0.3, -0.25) is 0 Å². The van der Waals surface area contributed by atoms with Crippen molar-refractivity contribution < 1.29 is 8.91 Å². The van der Waals surface area contributed by atoms with Crippen LogP contribution in [0.25, 0.3) is 11.4 Å². The van der Waals surface area contributed by atoms with E-state index in [1.807, 2.05) is 0 Å². The van der Waals surface area contributed by atoms with Crippen molar-refractivity contribution in [2.75, 3.05) is 13.1 Å². The third kappa shape index (κ3) is 3.60. The Labute approximate surface area is 127 Å². The van der Waals surface area contributed by atoms with Gasteiger partial charge in [-0.25, -0.2) is 4.39 Å². The molecule has 112 valence electrons. The molecule has 2 heterocycles. The molecule has 0 bridgehead atoms. The Balaban J connectivity index is 1.63. The maximum atomic E-state index is 13.1. The summed E-state index contributed by atoms with van der Waals surface area (Å²) >= 11 is 5.77. The van der Waals surface area contributed by atoms with E-state index < -0.39 is 5.82 Å². The highest BCUT2D eigenvalue weighted by molar-refractivity contribution is 6.31. The molecule has 21 heavy (non-hydrogen) atoms. The maximum Gasteiger partial charge on any atom is 0.226 e. The fourth-order valence-electron chi connectivity index (χ4n) is 2.61. The van der Waals surface area contributed by atoms with Crippen molar-refractivity contribution in [3.63, 3.8) is 0 Å². The third-order valence-corrected chi connectivity index (χ3v) is 4.10. The summed E-state index contributed by atoms with van der Waals surface area (Å²) in [5.74, 6) is 1.30. The molecule has 1 unspecified atom stereocenters. The number of hydrogen-bond acceptors (Lipinski definition) is 4. The monoisotopic (exact) mass is 309 g/mol. The van der Waals surface area contributed by atoms with Gasteiger partial charge in [0.1, 0.15) is 5.82 Å². The number of piperidine rings is 1. The van der Waals surface area contributed by atoms with Crippen LogP contribution in [0.1, 0.15) is 25.2 Å². The van der Waals surface area contributed by atoms with E-state index in [2.05, 4.69) is 15.5 Å². The first-order valence-corrected chi connectivity index (χ1v) is 7.59. The highest BCUT2D eigenvalue weighted by atomic mass is 35.5. The largest absolute Gasteiger partial charge is 0.339 e. The molecule has 1 aliphatic rings. The number of rotatable bonds is 4. The van der Waals surface area contributed by atoms with Crippen LogP contribution in [0.2, 0.25) is 5.02 Å². The summed E-state index contributed by atoms with van der Waals surface area (Å²) in [6.45, 7) is 2.18. The quantitative estimate of drug-likeness (QED) is 0.939. The summed E-state index contributed by atoms with van der Waals surface area (Å²) in [5.41, 5.74) is 0.663. The van der Waals surface area contributed by atoms with Gasteiger partial charge in [-0.1, -0.05) is 16.8 Å². The van der Waals surface area contributed by atoms with Crippen molar-refractivity contribution in [3.05, 3.63) is 34.9 Å². The van der Waals surface area contributed by atoms with Crippen LogP contribution in [-0.4, -0.2) is 23.2 Å². The lowest BCUT2D eigenvalue weighted by Crippen LogP contribution is -2.29. The lowest BCUT2D eigenvalue weighted by molar-refractivity contribution is 0.327. The molecule has 0 saturated carbocycles. The van der Waals surface area contributed by atoms with Crippen LogP contribution >= 0.6 is 11.6 Å². The van der Waals surface area contributed by atoms with Crippen LogP contribution in [0, 0.1) is 11.7 Å². The second-order valence-corrected chi connectivity index (χ2v) is 5.80. The van der Waals surface area contributed by atoms with E-state index in [1.165, 1.54) is 25.0 Å². The Hall–Kier alpha value is -1.46. The summed E-state index contributed by atoms with van der Waals surface area (Å²) in [4.78, 5) is 4.36. The SMILES string of the molecule is Fc1ccc(-c2noc(CCC3CCCNC3)n2)cc1Cl. The summed E-state index contributed by atoms with van der Waals surface area (Å²) in [5, 5.41) is 7.40. The number of benzene rings is 1. The Kier molecular flexibility index (Phi) is 4.51. The van der Waals surface area contributed by atoms with Crippen molar-refractivity contribution in [1.29, 1.82) is 0 Å². The van der Waals surface area contributed by atoms with Crippen molar-refractivity contribution in [2.45, 2.75) is 25.7 Å². The first-order chi connectivity index (χ1) is 10.2. The summed E-state index contributed by atoms with van der Waals surface area (Å²) in [6, 6.07) is 4.42. The molecule has 1 aliphatic heterocycles. The minimum Gasteiger partial charge on any atom is -0.339 e. The highest BCUT2D eigenvalue weighted by Crippen LogP contribution is 2.23. The smallest absolute Gasteiger partial charge is 0.226 e. The van der Waals surface area contributed by atoms with E-state index >= 15 is 0 Å². The number of nitrogens with zero attached hydrogens (tertiary/aromatic N) is 2. The van der Waals surface area contributed by atoms with Crippen molar-refractivity contribution in [3.8, 4) is 11.4 Å². The molecular weight excluding hydrogens is 293 g/mol. The van der Waals surface area contributed by atoms with Gasteiger partial charge in [-0.2, -0.15) is 4.98 Å². The molecule has 4 nitrogen and oxygen atoms in total. The van der Waals surface area contributed by atoms with Gasteiger partial charge in [-0.05, 0) is 56.5 Å². The van der Waals surface area contributed by atoms with Crippen molar-refractivity contribution in [2.24, 2.45) is 5.92 Å². The highest BCUT2D eigenvalue weighted by Gasteiger charge is 2.15. The van der Waals surface area contributed by atoms with Crippen LogP contribution < -0.4 is 5.32 Å². The van der Waals surface area contributed by atoms with E-state index in [0.29, 0.717) is 23.2 Å². The Bertz CT molecular complexity index is 611. The fourth-order valence-corrected chi connectivity index (χ4v) is 2.79. The standard InChI is InChI=1S/C15H17ClFN3O/c16-12-8-11(4-5-13(12)17)15-19-14(21-20-15)6-3-10-2-1-7-18-9-10/h4-5,8,10,18H,1-3,6-7,9H2. The zero-order valence-corrected chi connectivity index (χ0v) is 12.4. The third-order valence-electron chi connectivity index (χ3n) is 3.81. The molecule has 3 rings (SSSR count). The molecule has 1 aromatic heterocycles. The number of aryl methyl sites for hydroxylation is 1. The van der Waals surface area contributed by atoms with E-state index in [9.17, 15) is 4.39 Å². The van der Waals surface area contributed by atoms with Crippen LogP contribution in [-0.2, 0) is 6.42 Å². The average molecular weight is 310 g/mol. The molecule has 6 heteroatoms. The van der Waals surface area contributed by atoms with Gasteiger partial charge < -0.3 is 9.84 Å². The molecule has 2 aromatic rings. The lowest BCUT2D eigenvalue weighted by Gasteiger charge is -2.21. The van der Waals surface area contributed by atoms with Gasteiger partial charge in [0.2, 0.25) is 11.7 Å². The normalized spacial score (nSPS) is 18.9. The predicted molar refractivity (Wildman–Crippen MR) is 78.6 cm³/mol.